The van der Waals surface area contributed by atoms with Gasteiger partial charge in [0.25, 0.3) is 11.9 Å². The minimum atomic E-state index is -1.68. The van der Waals surface area contributed by atoms with E-state index in [1.54, 1.807) is 0 Å². The van der Waals surface area contributed by atoms with Gasteiger partial charge in [-0.1, -0.05) is 11.6 Å². The fourth-order valence-electron chi connectivity index (χ4n) is 1.15. The van der Waals surface area contributed by atoms with Crippen LogP contribution in [0.4, 0.5) is 17.6 Å². The summed E-state index contributed by atoms with van der Waals surface area (Å²) >= 11 is 6.38. The lowest BCUT2D eigenvalue weighted by atomic mass is 10.2. The molecule has 16 heavy (non-hydrogen) atoms. The van der Waals surface area contributed by atoms with Crippen molar-refractivity contribution in [2.24, 2.45) is 0 Å². The molecule has 84 valence electrons. The number of rotatable bonds is 1. The quantitative estimate of drug-likeness (QED) is 0.562. The van der Waals surface area contributed by atoms with Gasteiger partial charge in [-0.15, -0.1) is 11.3 Å². The minimum absolute atomic E-state index is 0.000185. The molecule has 0 unspecified atom stereocenters. The average Bonchev–Trinajstić information content (AvgIpc) is 2.62. The van der Waals surface area contributed by atoms with Gasteiger partial charge in [-0.3, -0.25) is 0 Å². The zero-order valence-electron chi connectivity index (χ0n) is 7.40. The SMILES string of the molecule is Fc1nc(F)c(F)c(-c2ccc(Cl)s2)c1F. The summed E-state index contributed by atoms with van der Waals surface area (Å²) in [7, 11) is 0. The topological polar surface area (TPSA) is 12.9 Å². The first-order valence-corrected chi connectivity index (χ1v) is 5.16. The fraction of sp³-hybridized carbons (Fsp3) is 0. The summed E-state index contributed by atoms with van der Waals surface area (Å²) in [5.41, 5.74) is -0.790. The maximum atomic E-state index is 13.3. The van der Waals surface area contributed by atoms with Gasteiger partial charge in [0.2, 0.25) is 0 Å². The molecule has 2 aromatic rings. The van der Waals surface area contributed by atoms with E-state index in [0.717, 1.165) is 11.3 Å². The predicted molar refractivity (Wildman–Crippen MR) is 52.4 cm³/mol. The Morgan fingerprint density at radius 2 is 1.56 bits per heavy atom. The molecule has 2 rings (SSSR count). The standard InChI is InChI=1S/C9H2ClF4NS/c10-4-2-1-3(16-4)5-6(11)8(13)15-9(14)7(5)12/h1-2H. The van der Waals surface area contributed by atoms with Crippen molar-refractivity contribution < 1.29 is 17.6 Å². The molecule has 2 heterocycles. The number of thiophene rings is 1. The maximum absolute atomic E-state index is 13.3. The first-order chi connectivity index (χ1) is 7.50. The summed E-state index contributed by atoms with van der Waals surface area (Å²) in [5.74, 6) is -6.42. The fourth-order valence-corrected chi connectivity index (χ4v) is 2.23. The van der Waals surface area contributed by atoms with Crippen LogP contribution in [0.5, 0.6) is 0 Å². The molecular weight excluding hydrogens is 266 g/mol. The van der Waals surface area contributed by atoms with Gasteiger partial charge >= 0.3 is 0 Å². The van der Waals surface area contributed by atoms with Gasteiger partial charge in [0.15, 0.2) is 11.6 Å². The molecule has 0 aliphatic carbocycles. The summed E-state index contributed by atoms with van der Waals surface area (Å²) in [4.78, 5) is 2.45. The van der Waals surface area contributed by atoms with Crippen molar-refractivity contribution >= 4 is 22.9 Å². The Morgan fingerprint density at radius 1 is 1.00 bits per heavy atom. The highest BCUT2D eigenvalue weighted by atomic mass is 35.5. The van der Waals surface area contributed by atoms with Crippen LogP contribution >= 0.6 is 22.9 Å². The van der Waals surface area contributed by atoms with Gasteiger partial charge in [0.05, 0.1) is 9.90 Å². The van der Waals surface area contributed by atoms with Crippen molar-refractivity contribution in [2.45, 2.75) is 0 Å². The molecule has 1 nitrogen and oxygen atoms in total. The lowest BCUT2D eigenvalue weighted by Gasteiger charge is -2.03. The van der Waals surface area contributed by atoms with Crippen LogP contribution in [0.15, 0.2) is 12.1 Å². The van der Waals surface area contributed by atoms with E-state index in [1.165, 1.54) is 12.1 Å². The highest BCUT2D eigenvalue weighted by Crippen LogP contribution is 2.35. The van der Waals surface area contributed by atoms with E-state index in [9.17, 15) is 17.6 Å². The molecular formula is C9H2ClF4NS. The summed E-state index contributed by atoms with van der Waals surface area (Å²) in [6.45, 7) is 0. The second kappa shape index (κ2) is 4.03. The Labute approximate surface area is 96.3 Å². The molecule has 2 aromatic heterocycles. The van der Waals surface area contributed by atoms with E-state index in [2.05, 4.69) is 4.98 Å². The van der Waals surface area contributed by atoms with E-state index >= 15 is 0 Å². The lowest BCUT2D eigenvalue weighted by Crippen LogP contribution is -2.01. The molecule has 0 aliphatic heterocycles. The highest BCUT2D eigenvalue weighted by Gasteiger charge is 2.22. The first-order valence-electron chi connectivity index (χ1n) is 3.96. The Morgan fingerprint density at radius 3 is 2.00 bits per heavy atom. The third-order valence-corrected chi connectivity index (χ3v) is 3.07. The van der Waals surface area contributed by atoms with Gasteiger partial charge in [0.1, 0.15) is 0 Å². The Kier molecular flexibility index (Phi) is 2.86. The minimum Gasteiger partial charge on any atom is -0.201 e. The lowest BCUT2D eigenvalue weighted by molar-refractivity contribution is 0.411. The third-order valence-electron chi connectivity index (χ3n) is 1.82. The van der Waals surface area contributed by atoms with Crippen molar-refractivity contribution in [1.29, 1.82) is 0 Å². The molecule has 0 atom stereocenters. The molecule has 0 saturated heterocycles. The summed E-state index contributed by atoms with van der Waals surface area (Å²) in [6.07, 6.45) is 0. The van der Waals surface area contributed by atoms with E-state index < -0.39 is 29.1 Å². The number of aromatic nitrogens is 1. The highest BCUT2D eigenvalue weighted by molar-refractivity contribution is 7.19. The van der Waals surface area contributed by atoms with Crippen LogP contribution in [0.2, 0.25) is 4.34 Å². The summed E-state index contributed by atoms with van der Waals surface area (Å²) in [6, 6.07) is 2.64. The zero-order valence-corrected chi connectivity index (χ0v) is 8.97. The molecule has 0 amide bonds. The summed E-state index contributed by atoms with van der Waals surface area (Å²) in [5, 5.41) is 0. The Balaban J connectivity index is 2.73. The van der Waals surface area contributed by atoms with E-state index in [4.69, 9.17) is 11.6 Å². The van der Waals surface area contributed by atoms with Gasteiger partial charge in [0, 0.05) is 4.88 Å². The number of nitrogens with zero attached hydrogens (tertiary/aromatic N) is 1. The van der Waals surface area contributed by atoms with E-state index in [-0.39, 0.29) is 9.21 Å². The van der Waals surface area contributed by atoms with Crippen LogP contribution < -0.4 is 0 Å². The van der Waals surface area contributed by atoms with Gasteiger partial charge in [-0.25, -0.2) is 8.78 Å². The van der Waals surface area contributed by atoms with Crippen molar-refractivity contribution in [3.63, 3.8) is 0 Å². The smallest absolute Gasteiger partial charge is 0.201 e. The van der Waals surface area contributed by atoms with Gasteiger partial charge < -0.3 is 0 Å². The van der Waals surface area contributed by atoms with Gasteiger partial charge in [-0.2, -0.15) is 13.8 Å². The van der Waals surface area contributed by atoms with Crippen LogP contribution in [0.3, 0.4) is 0 Å². The predicted octanol–water partition coefficient (Wildman–Crippen LogP) is 4.02. The van der Waals surface area contributed by atoms with Gasteiger partial charge in [-0.05, 0) is 12.1 Å². The van der Waals surface area contributed by atoms with Crippen molar-refractivity contribution in [2.75, 3.05) is 0 Å². The third kappa shape index (κ3) is 1.78. The summed E-state index contributed by atoms with van der Waals surface area (Å²) < 4.78 is 52.4. The molecule has 0 aromatic carbocycles. The molecule has 0 saturated carbocycles. The van der Waals surface area contributed by atoms with Crippen molar-refractivity contribution in [1.82, 2.24) is 4.98 Å². The maximum Gasteiger partial charge on any atom is 0.252 e. The second-order valence-electron chi connectivity index (χ2n) is 2.80. The van der Waals surface area contributed by atoms with Crippen molar-refractivity contribution in [3.05, 3.63) is 40.0 Å². The van der Waals surface area contributed by atoms with E-state index in [1.807, 2.05) is 0 Å². The largest absolute Gasteiger partial charge is 0.252 e. The molecule has 0 spiro atoms. The second-order valence-corrected chi connectivity index (χ2v) is 4.52. The van der Waals surface area contributed by atoms with Crippen LogP contribution in [0.25, 0.3) is 10.4 Å². The molecule has 0 radical (unpaired) electrons. The normalized spacial score (nSPS) is 10.8. The average molecular weight is 268 g/mol. The Hall–Kier alpha value is -1.14. The van der Waals surface area contributed by atoms with Crippen LogP contribution in [0, 0.1) is 23.5 Å². The molecule has 0 fully saturated rings. The molecule has 7 heteroatoms. The molecule has 0 aliphatic rings. The number of hydrogen-bond acceptors (Lipinski definition) is 2. The number of hydrogen-bond donors (Lipinski definition) is 0. The monoisotopic (exact) mass is 267 g/mol. The van der Waals surface area contributed by atoms with Crippen LogP contribution in [-0.4, -0.2) is 4.98 Å². The molecule has 0 N–H and O–H groups in total. The first kappa shape index (κ1) is 11.3. The van der Waals surface area contributed by atoms with Crippen LogP contribution in [0.1, 0.15) is 0 Å². The number of pyridine rings is 1. The van der Waals surface area contributed by atoms with Crippen LogP contribution in [-0.2, 0) is 0 Å². The van der Waals surface area contributed by atoms with E-state index in [0.29, 0.717) is 0 Å². The molecule has 0 bridgehead atoms. The Bertz CT molecular complexity index is 528. The zero-order chi connectivity index (χ0) is 11.9. The number of halogens is 5. The van der Waals surface area contributed by atoms with Crippen molar-refractivity contribution in [3.8, 4) is 10.4 Å².